The predicted octanol–water partition coefficient (Wildman–Crippen LogP) is 15.9. The largest absolute Gasteiger partial charge is 0.507 e. The maximum absolute atomic E-state index is 13.2. The van der Waals surface area contributed by atoms with Crippen molar-refractivity contribution in [1.29, 1.82) is 0 Å². The van der Waals surface area contributed by atoms with Crippen molar-refractivity contribution in [2.45, 2.75) is 0 Å². The molecule has 562 valence electrons. The quantitative estimate of drug-likeness (QED) is 0.0250. The van der Waals surface area contributed by atoms with E-state index < -0.39 is 23.6 Å². The van der Waals surface area contributed by atoms with E-state index in [1.165, 1.54) is 73.4 Å². The number of para-hydroxylation sites is 8. The van der Waals surface area contributed by atoms with Crippen LogP contribution in [0.15, 0.2) is 287 Å². The molecular weight excluding hydrogens is 1470 g/mol. The van der Waals surface area contributed by atoms with Crippen LogP contribution < -0.4 is 40.7 Å². The number of hydrazone groups is 4. The molecule has 2 aliphatic rings. The van der Waals surface area contributed by atoms with Gasteiger partial charge in [0.2, 0.25) is 0 Å². The molecule has 3 aromatic heterocycles. The summed E-state index contributed by atoms with van der Waals surface area (Å²) in [5, 5.41) is 60.5. The number of aromatic amines is 2. The Kier molecular flexibility index (Phi) is 19.5. The first-order valence-electron chi connectivity index (χ1n) is 35.7. The number of amides is 4. The van der Waals surface area contributed by atoms with Gasteiger partial charge in [0.1, 0.15) is 91.6 Å². The van der Waals surface area contributed by atoms with Crippen molar-refractivity contribution < 1.29 is 58.6 Å². The number of H-pyrrole nitrogens is 2. The van der Waals surface area contributed by atoms with Crippen LogP contribution in [0.2, 0.25) is 0 Å². The lowest BCUT2D eigenvalue weighted by Crippen LogP contribution is -2.17. The highest BCUT2D eigenvalue weighted by molar-refractivity contribution is 6.10. The van der Waals surface area contributed by atoms with E-state index in [0.717, 1.165) is 0 Å². The van der Waals surface area contributed by atoms with Gasteiger partial charge >= 0.3 is 0 Å². The summed E-state index contributed by atoms with van der Waals surface area (Å²) in [7, 11) is 0. The molecule has 28 heteroatoms. The molecular formula is C88H58N16O12. The van der Waals surface area contributed by atoms with Gasteiger partial charge in [-0.05, 0) is 146 Å². The topological polar surface area (TPSA) is 393 Å². The van der Waals surface area contributed by atoms with E-state index >= 15 is 0 Å². The van der Waals surface area contributed by atoms with Gasteiger partial charge in [-0.15, -0.1) is 0 Å². The van der Waals surface area contributed by atoms with E-state index in [-0.39, 0.29) is 97.0 Å². The molecule has 15 aromatic rings. The molecule has 0 atom stereocenters. The second kappa shape index (κ2) is 31.5. The van der Waals surface area contributed by atoms with Crippen LogP contribution in [0, 0.1) is 0 Å². The molecule has 2 aliphatic heterocycles. The van der Waals surface area contributed by atoms with Crippen molar-refractivity contribution >= 4 is 92.6 Å². The Morgan fingerprint density at radius 1 is 0.293 bits per heavy atom. The second-order valence-corrected chi connectivity index (χ2v) is 25.8. The minimum absolute atomic E-state index is 0.0189. The molecule has 8 bridgehead atoms. The van der Waals surface area contributed by atoms with Gasteiger partial charge in [-0.3, -0.25) is 19.2 Å². The highest BCUT2D eigenvalue weighted by Crippen LogP contribution is 2.46. The lowest BCUT2D eigenvalue weighted by Gasteiger charge is -2.12. The second-order valence-electron chi connectivity index (χ2n) is 25.8. The maximum atomic E-state index is 13.2. The molecule has 4 amide bonds. The molecule has 0 saturated heterocycles. The van der Waals surface area contributed by atoms with Crippen LogP contribution in [0.4, 0.5) is 0 Å². The van der Waals surface area contributed by atoms with Crippen LogP contribution >= 0.6 is 0 Å². The molecule has 28 nitrogen and oxygen atoms in total. The summed E-state index contributed by atoms with van der Waals surface area (Å²) in [4.78, 5) is 91.6. The van der Waals surface area contributed by atoms with Gasteiger partial charge in [0, 0.05) is 55.1 Å². The number of nitrogens with zero attached hydrogens (tertiary/aromatic N) is 10. The van der Waals surface area contributed by atoms with Gasteiger partial charge in [-0.1, -0.05) is 121 Å². The van der Waals surface area contributed by atoms with E-state index in [2.05, 4.69) is 52.1 Å². The van der Waals surface area contributed by atoms with E-state index in [0.29, 0.717) is 106 Å². The molecule has 5 heterocycles. The summed E-state index contributed by atoms with van der Waals surface area (Å²) in [6, 6.07) is 74.0. The number of phenols is 4. The van der Waals surface area contributed by atoms with Gasteiger partial charge in [0.15, 0.2) is 23.3 Å². The fourth-order valence-corrected chi connectivity index (χ4v) is 12.8. The van der Waals surface area contributed by atoms with Crippen LogP contribution in [-0.4, -0.2) is 109 Å². The van der Waals surface area contributed by atoms with Crippen molar-refractivity contribution in [3.05, 3.63) is 311 Å². The highest BCUT2D eigenvalue weighted by atomic mass is 16.5. The van der Waals surface area contributed by atoms with Gasteiger partial charge in [0.05, 0.1) is 58.1 Å². The number of rotatable bonds is 20. The molecule has 10 N–H and O–H groups in total. The number of hydrogen-bond acceptors (Lipinski definition) is 22. The number of carbonyl (C=O) groups is 4. The number of benzene rings is 12. The van der Waals surface area contributed by atoms with Gasteiger partial charge in [0.25, 0.3) is 23.6 Å². The zero-order valence-electron chi connectivity index (χ0n) is 60.2. The third-order valence-electron chi connectivity index (χ3n) is 18.4. The zero-order chi connectivity index (χ0) is 79.2. The van der Waals surface area contributed by atoms with Crippen LogP contribution in [0.25, 0.3) is 89.7 Å². The van der Waals surface area contributed by atoms with E-state index in [9.17, 15) is 39.6 Å². The van der Waals surface area contributed by atoms with Crippen LogP contribution in [0.1, 0.15) is 63.7 Å². The zero-order valence-corrected chi connectivity index (χ0v) is 60.2. The van der Waals surface area contributed by atoms with Crippen LogP contribution in [0.3, 0.4) is 0 Å². The SMILES string of the molecule is O=C(N/N=C\c1ccccc1Oc1cccc2c1-c1nc-2nc2[nH]c(nc3nc(nc4[nH]c(n1)c1c(Oc5ccccc5/C=N/NC(=O)c5ccccc5O)cccc41)-c1cc(Oc4ccccc4/C=N/NC(=O)c4ccccc4O)ccc1-3)c1ccc(Oc3ccccc3/C=N/NC(=O)c3ccccc3O)cc21)c1ccccc1O. The summed E-state index contributed by atoms with van der Waals surface area (Å²) < 4.78 is 27.2. The molecule has 0 spiro atoms. The highest BCUT2D eigenvalue weighted by Gasteiger charge is 2.28. The summed E-state index contributed by atoms with van der Waals surface area (Å²) in [6.07, 6.45) is 5.67. The number of phenolic OH excluding ortho intramolecular Hbond substituents is 4. The molecule has 0 radical (unpaired) electrons. The fourth-order valence-electron chi connectivity index (χ4n) is 12.8. The van der Waals surface area contributed by atoms with Gasteiger partial charge in [-0.2, -0.15) is 20.4 Å². The van der Waals surface area contributed by atoms with Crippen LogP contribution in [0.5, 0.6) is 69.0 Å². The summed E-state index contributed by atoms with van der Waals surface area (Å²) in [6.45, 7) is 0. The summed E-state index contributed by atoms with van der Waals surface area (Å²) >= 11 is 0. The minimum Gasteiger partial charge on any atom is -0.507 e. The number of aromatic hydroxyl groups is 4. The number of ether oxygens (including phenoxy) is 4. The van der Waals surface area contributed by atoms with Gasteiger partial charge < -0.3 is 49.3 Å². The van der Waals surface area contributed by atoms with Crippen LogP contribution in [-0.2, 0) is 0 Å². The Balaban J connectivity index is 0.837. The lowest BCUT2D eigenvalue weighted by atomic mass is 10.1. The normalized spacial score (nSPS) is 11.6. The molecule has 17 rings (SSSR count). The number of carbonyl (C=O) groups excluding carboxylic acids is 4. The first-order valence-corrected chi connectivity index (χ1v) is 35.7. The molecule has 116 heavy (non-hydrogen) atoms. The van der Waals surface area contributed by atoms with Crippen molar-refractivity contribution in [2.75, 3.05) is 0 Å². The molecule has 12 aromatic carbocycles. The van der Waals surface area contributed by atoms with Crippen molar-refractivity contribution in [3.8, 4) is 115 Å². The molecule has 0 fully saturated rings. The number of hydrogen-bond donors (Lipinski definition) is 10. The Morgan fingerprint density at radius 3 is 1.14 bits per heavy atom. The standard InChI is InChI=1S/C88H58N16O12/c105-65-29-9-5-23-57(65)85(109)101-89-45-49-19-1-13-33-69(49)113-53-39-41-55-63(43-53)81-94-77(55)93-78-56-42-40-54(114-70-34-14-2-20-50(70)46-90-102-86(110)58-24-6-10-30-66(58)106)44-64(56)82(95-78)97-80-62-28-18-38-74(116-72-36-16-4-22-52(72)48-92-104-88(112)60-26-8-12-32-68(60)108)76(62)84(99-80)100-83-75-61(79(96-81)98-83)27-17-37-73(75)115-71-35-15-3-21-51(71)47-91-103-87(111)59-25-7-11-31-67(59)107/h1-48,105-108H,(H,101,109)(H,102,110)(H,103,111)(H,104,112)(H2,93,94,95,96,97,98,99,100)/b89-45+,90-46+,91-47-,92-48+. The van der Waals surface area contributed by atoms with Crippen molar-refractivity contribution in [2.24, 2.45) is 20.4 Å². The number of aromatic nitrogens is 8. The predicted molar refractivity (Wildman–Crippen MR) is 435 cm³/mol. The van der Waals surface area contributed by atoms with E-state index in [1.54, 1.807) is 194 Å². The third kappa shape index (κ3) is 14.9. The third-order valence-corrected chi connectivity index (χ3v) is 18.4. The van der Waals surface area contributed by atoms with E-state index in [4.69, 9.17) is 48.9 Å². The Hall–Kier alpha value is -17.0. The smallest absolute Gasteiger partial charge is 0.275 e. The minimum atomic E-state index is -0.648. The monoisotopic (exact) mass is 1530 g/mol. The molecule has 0 unspecified atom stereocenters. The summed E-state index contributed by atoms with van der Waals surface area (Å²) in [5.41, 5.74) is 14.8. The van der Waals surface area contributed by atoms with Gasteiger partial charge in [-0.25, -0.2) is 51.6 Å². The summed E-state index contributed by atoms with van der Waals surface area (Å²) in [5.74, 6) is -0.167. The molecule has 0 aliphatic carbocycles. The Morgan fingerprint density at radius 2 is 0.647 bits per heavy atom. The first kappa shape index (κ1) is 71.9. The average Bonchev–Trinajstić information content (AvgIpc) is 1.59. The Bertz CT molecular complexity index is 6820. The molecule has 0 saturated carbocycles. The average molecular weight is 1530 g/mol. The van der Waals surface area contributed by atoms with Crippen molar-refractivity contribution in [1.82, 2.24) is 61.6 Å². The fraction of sp³-hybridized carbons (Fsp3) is 0. The van der Waals surface area contributed by atoms with Crippen molar-refractivity contribution in [3.63, 3.8) is 0 Å². The number of nitrogens with one attached hydrogen (secondary N) is 6. The first-order chi connectivity index (χ1) is 56.8. The Labute approximate surface area is 655 Å². The maximum Gasteiger partial charge on any atom is 0.275 e. The van der Waals surface area contributed by atoms with E-state index in [1.807, 2.05) is 24.3 Å². The number of fused-ring (bicyclic) bond motifs is 20. The lowest BCUT2D eigenvalue weighted by molar-refractivity contribution is 0.0944.